The number of carbonyl (C=O) groups is 2. The largest absolute Gasteiger partial charge is 0.329 e. The normalized spacial score (nSPS) is 28.0. The van der Waals surface area contributed by atoms with Crippen LogP contribution in [-0.4, -0.2) is 58.3 Å². The Bertz CT molecular complexity index is 400. The summed E-state index contributed by atoms with van der Waals surface area (Å²) < 4.78 is 0. The lowest BCUT2D eigenvalue weighted by Crippen LogP contribution is -2.69. The molecule has 2 aliphatic heterocycles. The van der Waals surface area contributed by atoms with Crippen LogP contribution in [0.25, 0.3) is 0 Å². The zero-order valence-electron chi connectivity index (χ0n) is 13.7. The molecule has 2 saturated heterocycles. The minimum absolute atomic E-state index is 0.167. The number of piperidine rings is 1. The van der Waals surface area contributed by atoms with Gasteiger partial charge < -0.3 is 9.80 Å². The first-order chi connectivity index (χ1) is 10.0. The maximum atomic E-state index is 13.0. The summed E-state index contributed by atoms with van der Waals surface area (Å²) in [5, 5.41) is 0. The van der Waals surface area contributed by atoms with Crippen LogP contribution in [0.3, 0.4) is 0 Å². The Morgan fingerprint density at radius 2 is 1.95 bits per heavy atom. The molecule has 5 heteroatoms. The zero-order valence-corrected chi connectivity index (χ0v) is 14.5. The molecule has 4 nitrogen and oxygen atoms in total. The molecule has 0 aliphatic carbocycles. The Morgan fingerprint density at radius 1 is 1.24 bits per heavy atom. The summed E-state index contributed by atoms with van der Waals surface area (Å²) in [6.45, 7) is 6.98. The van der Waals surface area contributed by atoms with Gasteiger partial charge >= 0.3 is 0 Å². The molecule has 3 unspecified atom stereocenters. The summed E-state index contributed by atoms with van der Waals surface area (Å²) in [5.74, 6) is 1.44. The SMILES string of the molecule is CCC(CSC)N1C(=O)C2CCCCN2C(=O)C1C(C)C. The molecule has 120 valence electrons. The highest BCUT2D eigenvalue weighted by Gasteiger charge is 2.49. The Labute approximate surface area is 132 Å². The van der Waals surface area contributed by atoms with Crippen LogP contribution < -0.4 is 0 Å². The molecule has 0 aromatic heterocycles. The molecule has 0 radical (unpaired) electrons. The lowest BCUT2D eigenvalue weighted by atomic mass is 9.89. The third kappa shape index (κ3) is 3.08. The fraction of sp³-hybridized carbons (Fsp3) is 0.875. The molecule has 3 atom stereocenters. The van der Waals surface area contributed by atoms with Crippen molar-refractivity contribution in [3.05, 3.63) is 0 Å². The highest BCUT2D eigenvalue weighted by molar-refractivity contribution is 7.98. The van der Waals surface area contributed by atoms with E-state index >= 15 is 0 Å². The standard InChI is InChI=1S/C16H28N2O2S/c1-5-12(10-21-4)18-14(11(2)3)16(20)17-9-7-6-8-13(17)15(18)19/h11-14H,5-10H2,1-4H3. The zero-order chi connectivity index (χ0) is 15.6. The lowest BCUT2D eigenvalue weighted by molar-refractivity contribution is -0.168. The first kappa shape index (κ1) is 16.7. The van der Waals surface area contributed by atoms with Crippen molar-refractivity contribution in [2.24, 2.45) is 5.92 Å². The van der Waals surface area contributed by atoms with Crippen molar-refractivity contribution in [3.63, 3.8) is 0 Å². The summed E-state index contributed by atoms with van der Waals surface area (Å²) in [6, 6.07) is -0.297. The van der Waals surface area contributed by atoms with Gasteiger partial charge in [0.05, 0.1) is 0 Å². The molecule has 2 heterocycles. The smallest absolute Gasteiger partial charge is 0.246 e. The van der Waals surface area contributed by atoms with Crippen molar-refractivity contribution in [1.29, 1.82) is 0 Å². The van der Waals surface area contributed by atoms with E-state index in [1.807, 2.05) is 9.80 Å². The van der Waals surface area contributed by atoms with E-state index in [1.165, 1.54) is 0 Å². The summed E-state index contributed by atoms with van der Waals surface area (Å²) >= 11 is 1.76. The number of thioether (sulfide) groups is 1. The summed E-state index contributed by atoms with van der Waals surface area (Å²) in [6.07, 6.45) is 5.90. The predicted octanol–water partition coefficient (Wildman–Crippen LogP) is 2.38. The molecule has 2 aliphatic rings. The van der Waals surface area contributed by atoms with Crippen molar-refractivity contribution in [2.75, 3.05) is 18.6 Å². The molecule has 0 N–H and O–H groups in total. The number of hydrogen-bond acceptors (Lipinski definition) is 3. The molecule has 0 aromatic rings. The number of amides is 2. The number of rotatable bonds is 5. The van der Waals surface area contributed by atoms with Gasteiger partial charge in [0.1, 0.15) is 12.1 Å². The van der Waals surface area contributed by atoms with Crippen LogP contribution in [0.5, 0.6) is 0 Å². The van der Waals surface area contributed by atoms with Gasteiger partial charge in [0.15, 0.2) is 0 Å². The molecular weight excluding hydrogens is 284 g/mol. The van der Waals surface area contributed by atoms with E-state index in [-0.39, 0.29) is 35.9 Å². The van der Waals surface area contributed by atoms with Crippen molar-refractivity contribution >= 4 is 23.6 Å². The second-order valence-electron chi connectivity index (χ2n) is 6.49. The maximum Gasteiger partial charge on any atom is 0.246 e. The monoisotopic (exact) mass is 312 g/mol. The average molecular weight is 312 g/mol. The summed E-state index contributed by atoms with van der Waals surface area (Å²) in [7, 11) is 0. The van der Waals surface area contributed by atoms with Gasteiger partial charge in [-0.05, 0) is 37.9 Å². The van der Waals surface area contributed by atoms with Crippen molar-refractivity contribution < 1.29 is 9.59 Å². The predicted molar refractivity (Wildman–Crippen MR) is 87.3 cm³/mol. The Morgan fingerprint density at radius 3 is 2.52 bits per heavy atom. The van der Waals surface area contributed by atoms with Gasteiger partial charge in [0, 0.05) is 18.3 Å². The van der Waals surface area contributed by atoms with Gasteiger partial charge in [0.25, 0.3) is 0 Å². The van der Waals surface area contributed by atoms with E-state index in [0.29, 0.717) is 0 Å². The molecule has 2 rings (SSSR count). The molecule has 21 heavy (non-hydrogen) atoms. The van der Waals surface area contributed by atoms with E-state index < -0.39 is 0 Å². The van der Waals surface area contributed by atoms with Gasteiger partial charge in [0.2, 0.25) is 11.8 Å². The Kier molecular flexibility index (Phi) is 5.58. The number of carbonyl (C=O) groups excluding carboxylic acids is 2. The number of fused-ring (bicyclic) bond motifs is 1. The van der Waals surface area contributed by atoms with Gasteiger partial charge in [-0.25, -0.2) is 0 Å². The first-order valence-electron chi connectivity index (χ1n) is 8.14. The molecular formula is C16H28N2O2S. The average Bonchev–Trinajstić information content (AvgIpc) is 2.48. The number of hydrogen-bond donors (Lipinski definition) is 0. The van der Waals surface area contributed by atoms with Crippen molar-refractivity contribution in [2.45, 2.75) is 64.6 Å². The van der Waals surface area contributed by atoms with E-state index in [1.54, 1.807) is 11.8 Å². The molecule has 2 amide bonds. The molecule has 0 spiro atoms. The number of nitrogens with zero attached hydrogens (tertiary/aromatic N) is 2. The molecule has 0 bridgehead atoms. The van der Waals surface area contributed by atoms with Gasteiger partial charge in [-0.15, -0.1) is 0 Å². The minimum Gasteiger partial charge on any atom is -0.329 e. The van der Waals surface area contributed by atoms with Gasteiger partial charge in [-0.3, -0.25) is 9.59 Å². The highest BCUT2D eigenvalue weighted by Crippen LogP contribution is 2.31. The topological polar surface area (TPSA) is 40.6 Å². The Balaban J connectivity index is 2.34. The highest BCUT2D eigenvalue weighted by atomic mass is 32.2. The van der Waals surface area contributed by atoms with E-state index in [2.05, 4.69) is 27.0 Å². The lowest BCUT2D eigenvalue weighted by Gasteiger charge is -2.50. The second kappa shape index (κ2) is 7.03. The van der Waals surface area contributed by atoms with Crippen LogP contribution in [0, 0.1) is 5.92 Å². The fourth-order valence-corrected chi connectivity index (χ4v) is 4.43. The first-order valence-corrected chi connectivity index (χ1v) is 9.53. The van der Waals surface area contributed by atoms with Gasteiger partial charge in [-0.1, -0.05) is 20.8 Å². The summed E-state index contributed by atoms with van der Waals surface area (Å²) in [4.78, 5) is 29.7. The third-order valence-corrected chi connectivity index (χ3v) is 5.45. The van der Waals surface area contributed by atoms with Crippen LogP contribution in [0.15, 0.2) is 0 Å². The quantitative estimate of drug-likeness (QED) is 0.782. The third-order valence-electron chi connectivity index (χ3n) is 4.73. The van der Waals surface area contributed by atoms with Crippen LogP contribution in [0.4, 0.5) is 0 Å². The fourth-order valence-electron chi connectivity index (χ4n) is 3.65. The molecule has 0 aromatic carbocycles. The van der Waals surface area contributed by atoms with E-state index in [0.717, 1.165) is 38.0 Å². The number of piperazine rings is 1. The minimum atomic E-state index is -0.274. The maximum absolute atomic E-state index is 13.0. The van der Waals surface area contributed by atoms with Crippen LogP contribution in [0.2, 0.25) is 0 Å². The summed E-state index contributed by atoms with van der Waals surface area (Å²) in [5.41, 5.74) is 0. The van der Waals surface area contributed by atoms with E-state index in [4.69, 9.17) is 0 Å². The van der Waals surface area contributed by atoms with Crippen LogP contribution in [0.1, 0.15) is 46.5 Å². The van der Waals surface area contributed by atoms with Crippen LogP contribution >= 0.6 is 11.8 Å². The van der Waals surface area contributed by atoms with Crippen molar-refractivity contribution in [1.82, 2.24) is 9.80 Å². The van der Waals surface area contributed by atoms with Crippen LogP contribution in [-0.2, 0) is 9.59 Å². The Hall–Kier alpha value is -0.710. The molecule has 2 fully saturated rings. The van der Waals surface area contributed by atoms with Gasteiger partial charge in [-0.2, -0.15) is 11.8 Å². The second-order valence-corrected chi connectivity index (χ2v) is 7.41. The van der Waals surface area contributed by atoms with Crippen molar-refractivity contribution in [3.8, 4) is 0 Å². The molecule has 0 saturated carbocycles. The van der Waals surface area contributed by atoms with E-state index in [9.17, 15) is 9.59 Å².